The smallest absolute Gasteiger partial charge is 0.175 e. The Morgan fingerprint density at radius 2 is 1.94 bits per heavy atom. The second kappa shape index (κ2) is 4.78. The first kappa shape index (κ1) is 12.6. The van der Waals surface area contributed by atoms with Crippen LogP contribution < -0.4 is 10.6 Å². The molecule has 17 heavy (non-hydrogen) atoms. The van der Waals surface area contributed by atoms with Crippen molar-refractivity contribution >= 4 is 33.0 Å². The van der Waals surface area contributed by atoms with E-state index in [0.717, 1.165) is 30.3 Å². The van der Waals surface area contributed by atoms with Crippen LogP contribution in [0.3, 0.4) is 0 Å². The minimum Gasteiger partial charge on any atom is -0.397 e. The minimum atomic E-state index is -3.18. The number of benzene rings is 1. The lowest BCUT2D eigenvalue weighted by molar-refractivity contribution is 0.602. The van der Waals surface area contributed by atoms with E-state index in [1.165, 1.54) is 6.26 Å². The van der Waals surface area contributed by atoms with E-state index in [-0.39, 0.29) is 4.90 Å². The average molecular weight is 272 g/mol. The van der Waals surface area contributed by atoms with Crippen molar-refractivity contribution in [2.75, 3.05) is 41.5 Å². The van der Waals surface area contributed by atoms with Crippen molar-refractivity contribution in [1.29, 1.82) is 0 Å². The number of thioether (sulfide) groups is 1. The Hall–Kier alpha value is -0.880. The molecule has 1 aromatic rings. The van der Waals surface area contributed by atoms with Crippen molar-refractivity contribution in [2.45, 2.75) is 4.90 Å². The Kier molecular flexibility index (Phi) is 3.53. The molecule has 1 saturated heterocycles. The van der Waals surface area contributed by atoms with Crippen molar-refractivity contribution in [3.05, 3.63) is 18.2 Å². The fourth-order valence-electron chi connectivity index (χ4n) is 1.86. The largest absolute Gasteiger partial charge is 0.397 e. The molecule has 4 nitrogen and oxygen atoms in total. The number of sulfone groups is 1. The topological polar surface area (TPSA) is 63.4 Å². The molecule has 0 unspecified atom stereocenters. The molecule has 0 spiro atoms. The predicted octanol–water partition coefficient (Wildman–Crippen LogP) is 1.23. The molecule has 0 saturated carbocycles. The molecule has 1 aliphatic heterocycles. The summed E-state index contributed by atoms with van der Waals surface area (Å²) < 4.78 is 22.8. The molecule has 94 valence electrons. The Morgan fingerprint density at radius 3 is 2.47 bits per heavy atom. The Labute approximate surface area is 106 Å². The number of hydrogen-bond acceptors (Lipinski definition) is 5. The molecule has 0 amide bonds. The van der Waals surface area contributed by atoms with Crippen molar-refractivity contribution in [1.82, 2.24) is 0 Å². The van der Waals surface area contributed by atoms with Crippen LogP contribution in [0.25, 0.3) is 0 Å². The van der Waals surface area contributed by atoms with Crippen molar-refractivity contribution in [2.24, 2.45) is 0 Å². The first-order chi connectivity index (χ1) is 7.98. The van der Waals surface area contributed by atoms with Gasteiger partial charge >= 0.3 is 0 Å². The zero-order valence-electron chi connectivity index (χ0n) is 9.72. The third-order valence-electron chi connectivity index (χ3n) is 2.78. The second-order valence-electron chi connectivity index (χ2n) is 4.09. The number of anilines is 2. The summed E-state index contributed by atoms with van der Waals surface area (Å²) in [6.45, 7) is 1.93. The first-order valence-corrected chi connectivity index (χ1v) is 8.45. The summed E-state index contributed by atoms with van der Waals surface area (Å²) in [7, 11) is -3.18. The second-order valence-corrected chi connectivity index (χ2v) is 7.33. The Balaban J connectivity index is 2.31. The van der Waals surface area contributed by atoms with Crippen molar-refractivity contribution in [3.63, 3.8) is 0 Å². The molecule has 1 aromatic carbocycles. The van der Waals surface area contributed by atoms with E-state index in [4.69, 9.17) is 5.73 Å². The summed E-state index contributed by atoms with van der Waals surface area (Å²) in [4.78, 5) is 2.49. The fourth-order valence-corrected chi connectivity index (χ4v) is 3.41. The van der Waals surface area contributed by atoms with Crippen LogP contribution in [0, 0.1) is 0 Å². The van der Waals surface area contributed by atoms with Crippen LogP contribution in [0.4, 0.5) is 11.4 Å². The third kappa shape index (κ3) is 2.87. The van der Waals surface area contributed by atoms with Crippen LogP contribution in [0.5, 0.6) is 0 Å². The van der Waals surface area contributed by atoms with Crippen molar-refractivity contribution < 1.29 is 8.42 Å². The molecule has 2 N–H and O–H groups in total. The van der Waals surface area contributed by atoms with E-state index >= 15 is 0 Å². The van der Waals surface area contributed by atoms with E-state index in [2.05, 4.69) is 4.90 Å². The van der Waals surface area contributed by atoms with Crippen molar-refractivity contribution in [3.8, 4) is 0 Å². The van der Waals surface area contributed by atoms with Crippen LogP contribution >= 0.6 is 11.8 Å². The molecular formula is C11H16N2O2S2. The highest BCUT2D eigenvalue weighted by Gasteiger charge is 2.15. The van der Waals surface area contributed by atoms with Gasteiger partial charge in [0, 0.05) is 30.9 Å². The van der Waals surface area contributed by atoms with Crippen LogP contribution in [0.15, 0.2) is 23.1 Å². The van der Waals surface area contributed by atoms with Gasteiger partial charge in [0.1, 0.15) is 0 Å². The van der Waals surface area contributed by atoms with Gasteiger partial charge in [0.2, 0.25) is 0 Å². The van der Waals surface area contributed by atoms with E-state index in [1.807, 2.05) is 17.8 Å². The SMILES string of the molecule is CS(=O)(=O)c1ccc(N2CCSCC2)c(N)c1. The van der Waals surface area contributed by atoms with Gasteiger partial charge in [-0.1, -0.05) is 0 Å². The van der Waals surface area contributed by atoms with Gasteiger partial charge in [-0.2, -0.15) is 11.8 Å². The summed E-state index contributed by atoms with van der Waals surface area (Å²) >= 11 is 1.93. The Bertz CT molecular complexity index is 508. The van der Waals surface area contributed by atoms with Gasteiger partial charge in [-0.05, 0) is 18.2 Å². The quantitative estimate of drug-likeness (QED) is 0.820. The van der Waals surface area contributed by atoms with Crippen LogP contribution in [0.2, 0.25) is 0 Å². The average Bonchev–Trinajstić information content (AvgIpc) is 2.29. The molecule has 0 atom stereocenters. The lowest BCUT2D eigenvalue weighted by Gasteiger charge is -2.29. The van der Waals surface area contributed by atoms with Crippen LogP contribution in [-0.2, 0) is 9.84 Å². The van der Waals surface area contributed by atoms with E-state index < -0.39 is 9.84 Å². The zero-order valence-corrected chi connectivity index (χ0v) is 11.4. The number of nitrogen functional groups attached to an aromatic ring is 1. The van der Waals surface area contributed by atoms with Crippen LogP contribution in [0.1, 0.15) is 0 Å². The number of nitrogens with zero attached hydrogens (tertiary/aromatic N) is 1. The molecule has 1 heterocycles. The summed E-state index contributed by atoms with van der Waals surface area (Å²) in [5.74, 6) is 2.18. The predicted molar refractivity (Wildman–Crippen MR) is 73.5 cm³/mol. The maximum atomic E-state index is 11.4. The van der Waals surface area contributed by atoms with Gasteiger partial charge < -0.3 is 10.6 Å². The minimum absolute atomic E-state index is 0.283. The monoisotopic (exact) mass is 272 g/mol. The third-order valence-corrected chi connectivity index (χ3v) is 4.83. The summed E-state index contributed by atoms with van der Waals surface area (Å²) in [6, 6.07) is 4.98. The zero-order chi connectivity index (χ0) is 12.5. The van der Waals surface area contributed by atoms with Crippen LogP contribution in [-0.4, -0.2) is 39.3 Å². The van der Waals surface area contributed by atoms with Gasteiger partial charge in [0.05, 0.1) is 16.3 Å². The molecule has 0 radical (unpaired) electrons. The number of rotatable bonds is 2. The molecule has 1 fully saturated rings. The summed E-state index contributed by atoms with van der Waals surface area (Å²) in [5.41, 5.74) is 7.42. The standard InChI is InChI=1S/C11H16N2O2S2/c1-17(14,15)9-2-3-11(10(12)8-9)13-4-6-16-7-5-13/h2-3,8H,4-7,12H2,1H3. The number of hydrogen-bond donors (Lipinski definition) is 1. The Morgan fingerprint density at radius 1 is 1.29 bits per heavy atom. The van der Waals surface area contributed by atoms with Gasteiger partial charge in [-0.25, -0.2) is 8.42 Å². The molecule has 0 bridgehead atoms. The lowest BCUT2D eigenvalue weighted by Crippen LogP contribution is -2.32. The molecule has 2 rings (SSSR count). The summed E-state index contributed by atoms with van der Waals surface area (Å²) in [5, 5.41) is 0. The number of nitrogens with two attached hydrogens (primary N) is 1. The highest BCUT2D eigenvalue weighted by molar-refractivity contribution is 7.99. The normalized spacial score (nSPS) is 17.1. The lowest BCUT2D eigenvalue weighted by atomic mass is 10.2. The summed E-state index contributed by atoms with van der Waals surface area (Å²) in [6.07, 6.45) is 1.19. The molecular weight excluding hydrogens is 256 g/mol. The van der Waals surface area contributed by atoms with Gasteiger partial charge in [0.25, 0.3) is 0 Å². The molecule has 0 aliphatic carbocycles. The highest BCUT2D eigenvalue weighted by atomic mass is 32.2. The first-order valence-electron chi connectivity index (χ1n) is 5.41. The molecule has 1 aliphatic rings. The fraction of sp³-hybridized carbons (Fsp3) is 0.455. The molecule has 6 heteroatoms. The molecule has 0 aromatic heterocycles. The van der Waals surface area contributed by atoms with Gasteiger partial charge in [-0.3, -0.25) is 0 Å². The maximum absolute atomic E-state index is 11.4. The van der Waals surface area contributed by atoms with Gasteiger partial charge in [0.15, 0.2) is 9.84 Å². The van der Waals surface area contributed by atoms with E-state index in [0.29, 0.717) is 5.69 Å². The highest BCUT2D eigenvalue weighted by Crippen LogP contribution is 2.28. The van der Waals surface area contributed by atoms with E-state index in [1.54, 1.807) is 12.1 Å². The maximum Gasteiger partial charge on any atom is 0.175 e. The van der Waals surface area contributed by atoms with E-state index in [9.17, 15) is 8.42 Å². The van der Waals surface area contributed by atoms with Gasteiger partial charge in [-0.15, -0.1) is 0 Å².